The second-order valence-corrected chi connectivity index (χ2v) is 7.77. The van der Waals surface area contributed by atoms with Crippen molar-refractivity contribution in [3.05, 3.63) is 78.5 Å². The zero-order valence-corrected chi connectivity index (χ0v) is 15.1. The Hall–Kier alpha value is -2.30. The molecule has 0 radical (unpaired) electrons. The number of rotatable bonds is 7. The molecule has 0 aliphatic rings. The van der Waals surface area contributed by atoms with Gasteiger partial charge >= 0.3 is 7.60 Å². The van der Waals surface area contributed by atoms with Crippen LogP contribution in [0.25, 0.3) is 22.4 Å². The van der Waals surface area contributed by atoms with E-state index in [2.05, 4.69) is 17.4 Å². The number of benzene rings is 2. The lowest BCUT2D eigenvalue weighted by atomic mass is 9.99. The summed E-state index contributed by atoms with van der Waals surface area (Å²) in [7, 11) is -3.98. The molecule has 0 amide bonds. The third kappa shape index (κ3) is 5.10. The van der Waals surface area contributed by atoms with Crippen molar-refractivity contribution in [3.63, 3.8) is 0 Å². The van der Waals surface area contributed by atoms with E-state index in [1.165, 1.54) is 0 Å². The summed E-state index contributed by atoms with van der Waals surface area (Å²) in [5, 5.41) is 3.04. The van der Waals surface area contributed by atoms with E-state index in [4.69, 9.17) is 14.8 Å². The Morgan fingerprint density at radius 2 is 1.46 bits per heavy atom. The van der Waals surface area contributed by atoms with Crippen molar-refractivity contribution in [1.82, 2.24) is 10.3 Å². The van der Waals surface area contributed by atoms with Gasteiger partial charge < -0.3 is 15.1 Å². The van der Waals surface area contributed by atoms with Crippen LogP contribution in [0.3, 0.4) is 0 Å². The van der Waals surface area contributed by atoms with Gasteiger partial charge in [0.1, 0.15) is 0 Å². The fourth-order valence-electron chi connectivity index (χ4n) is 2.71. The summed E-state index contributed by atoms with van der Waals surface area (Å²) in [4.78, 5) is 22.6. The first-order chi connectivity index (χ1) is 12.5. The van der Waals surface area contributed by atoms with Crippen LogP contribution in [0.4, 0.5) is 0 Å². The normalized spacial score (nSPS) is 11.5. The highest BCUT2D eigenvalue weighted by Gasteiger charge is 2.12. The molecule has 0 saturated heterocycles. The molecule has 134 valence electrons. The number of nitrogens with zero attached hydrogens (tertiary/aromatic N) is 1. The zero-order chi connectivity index (χ0) is 18.4. The molecule has 5 nitrogen and oxygen atoms in total. The van der Waals surface area contributed by atoms with Crippen LogP contribution < -0.4 is 5.32 Å². The van der Waals surface area contributed by atoms with Crippen molar-refractivity contribution in [1.29, 1.82) is 0 Å². The molecule has 3 rings (SSSR count). The van der Waals surface area contributed by atoms with Crippen molar-refractivity contribution in [2.24, 2.45) is 0 Å². The Labute approximate surface area is 152 Å². The number of hydrogen-bond donors (Lipinski definition) is 3. The number of nitrogens with one attached hydrogen (secondary N) is 1. The standard InChI is InChI=1S/C20H21N2O3P/c23-26(24,25)14-13-21-15-18-11-12-19(16-7-3-1-4-8-16)20(22-18)17-9-5-2-6-10-17/h1-12,21H,13-15H2,(H2,23,24,25). The minimum atomic E-state index is -3.98. The number of aromatic nitrogens is 1. The van der Waals surface area contributed by atoms with Gasteiger partial charge in [-0.05, 0) is 11.6 Å². The van der Waals surface area contributed by atoms with E-state index >= 15 is 0 Å². The van der Waals surface area contributed by atoms with Crippen molar-refractivity contribution in [2.75, 3.05) is 12.7 Å². The SMILES string of the molecule is O=P(O)(O)CCNCc1ccc(-c2ccccc2)c(-c2ccccc2)n1. The van der Waals surface area contributed by atoms with E-state index in [1.807, 2.05) is 60.7 Å². The summed E-state index contributed by atoms with van der Waals surface area (Å²) in [6, 6.07) is 24.1. The molecule has 0 bridgehead atoms. The van der Waals surface area contributed by atoms with Crippen molar-refractivity contribution in [3.8, 4) is 22.4 Å². The first-order valence-corrected chi connectivity index (χ1v) is 10.2. The summed E-state index contributed by atoms with van der Waals surface area (Å²) in [6.07, 6.45) is -0.180. The topological polar surface area (TPSA) is 82.5 Å². The van der Waals surface area contributed by atoms with Crippen LogP contribution in [0.1, 0.15) is 5.69 Å². The van der Waals surface area contributed by atoms with Crippen LogP contribution >= 0.6 is 7.60 Å². The van der Waals surface area contributed by atoms with Gasteiger partial charge in [-0.25, -0.2) is 0 Å². The predicted octanol–water partition coefficient (Wildman–Crippen LogP) is 3.68. The Bertz CT molecular complexity index is 895. The average molecular weight is 368 g/mol. The third-order valence-corrected chi connectivity index (χ3v) is 4.78. The van der Waals surface area contributed by atoms with Gasteiger partial charge in [-0.15, -0.1) is 0 Å². The monoisotopic (exact) mass is 368 g/mol. The van der Waals surface area contributed by atoms with Crippen LogP contribution in [-0.2, 0) is 11.1 Å². The van der Waals surface area contributed by atoms with E-state index in [0.29, 0.717) is 6.54 Å². The van der Waals surface area contributed by atoms with Gasteiger partial charge in [0, 0.05) is 24.2 Å². The highest BCUT2D eigenvalue weighted by molar-refractivity contribution is 7.51. The van der Waals surface area contributed by atoms with Gasteiger partial charge in [0.2, 0.25) is 0 Å². The first kappa shape index (κ1) is 18.5. The van der Waals surface area contributed by atoms with E-state index < -0.39 is 7.60 Å². The molecule has 0 saturated carbocycles. The van der Waals surface area contributed by atoms with E-state index in [9.17, 15) is 4.57 Å². The molecule has 0 atom stereocenters. The average Bonchev–Trinajstić information content (AvgIpc) is 2.66. The van der Waals surface area contributed by atoms with Crippen LogP contribution in [0.5, 0.6) is 0 Å². The predicted molar refractivity (Wildman–Crippen MR) is 104 cm³/mol. The fraction of sp³-hybridized carbons (Fsp3) is 0.150. The lowest BCUT2D eigenvalue weighted by Crippen LogP contribution is -2.18. The lowest BCUT2D eigenvalue weighted by molar-refractivity contribution is 0.371. The van der Waals surface area contributed by atoms with E-state index in [-0.39, 0.29) is 12.7 Å². The van der Waals surface area contributed by atoms with Gasteiger partial charge in [-0.2, -0.15) is 0 Å². The largest absolute Gasteiger partial charge is 0.326 e. The van der Waals surface area contributed by atoms with Crippen LogP contribution in [0.15, 0.2) is 72.8 Å². The highest BCUT2D eigenvalue weighted by atomic mass is 31.2. The molecule has 26 heavy (non-hydrogen) atoms. The summed E-state index contributed by atoms with van der Waals surface area (Å²) in [5.74, 6) is 0. The molecular weight excluding hydrogens is 347 g/mol. The maximum Gasteiger partial charge on any atom is 0.326 e. The number of hydrogen-bond acceptors (Lipinski definition) is 3. The zero-order valence-electron chi connectivity index (χ0n) is 14.2. The third-order valence-electron chi connectivity index (χ3n) is 3.97. The highest BCUT2D eigenvalue weighted by Crippen LogP contribution is 2.33. The Morgan fingerprint density at radius 3 is 2.08 bits per heavy atom. The van der Waals surface area contributed by atoms with Crippen molar-refractivity contribution in [2.45, 2.75) is 6.54 Å². The summed E-state index contributed by atoms with van der Waals surface area (Å²) in [6.45, 7) is 0.696. The molecule has 3 N–H and O–H groups in total. The quantitative estimate of drug-likeness (QED) is 0.438. The molecule has 0 aliphatic heterocycles. The molecule has 0 aliphatic carbocycles. The van der Waals surface area contributed by atoms with Gasteiger partial charge in [0.05, 0.1) is 17.5 Å². The Morgan fingerprint density at radius 1 is 0.846 bits per heavy atom. The maximum atomic E-state index is 10.9. The smallest absolute Gasteiger partial charge is 0.324 e. The van der Waals surface area contributed by atoms with Crippen molar-refractivity contribution < 1.29 is 14.4 Å². The lowest BCUT2D eigenvalue weighted by Gasteiger charge is -2.12. The number of pyridine rings is 1. The molecule has 0 fully saturated rings. The molecule has 0 unspecified atom stereocenters. The molecule has 0 spiro atoms. The van der Waals surface area contributed by atoms with Crippen LogP contribution in [0.2, 0.25) is 0 Å². The summed E-state index contributed by atoms with van der Waals surface area (Å²) in [5.41, 5.74) is 4.90. The summed E-state index contributed by atoms with van der Waals surface area (Å²) >= 11 is 0. The second-order valence-electron chi connectivity index (χ2n) is 6.00. The van der Waals surface area contributed by atoms with Gasteiger partial charge in [-0.3, -0.25) is 9.55 Å². The second kappa shape index (κ2) is 8.39. The first-order valence-electron chi connectivity index (χ1n) is 8.39. The molecule has 6 heteroatoms. The van der Waals surface area contributed by atoms with Gasteiger partial charge in [-0.1, -0.05) is 66.7 Å². The molecule has 1 heterocycles. The molecule has 1 aromatic heterocycles. The molecular formula is C20H21N2O3P. The molecule has 3 aromatic rings. The van der Waals surface area contributed by atoms with Gasteiger partial charge in [0.15, 0.2) is 0 Å². The van der Waals surface area contributed by atoms with Crippen LogP contribution in [0, 0.1) is 0 Å². The minimum absolute atomic E-state index is 0.180. The fourth-order valence-corrected chi connectivity index (χ4v) is 3.16. The van der Waals surface area contributed by atoms with E-state index in [1.54, 1.807) is 0 Å². The maximum absolute atomic E-state index is 10.9. The molecule has 2 aromatic carbocycles. The van der Waals surface area contributed by atoms with Crippen molar-refractivity contribution >= 4 is 7.60 Å². The van der Waals surface area contributed by atoms with Crippen LogP contribution in [-0.4, -0.2) is 27.5 Å². The Kier molecular flexibility index (Phi) is 5.96. The Balaban J connectivity index is 1.87. The van der Waals surface area contributed by atoms with E-state index in [0.717, 1.165) is 28.1 Å². The minimum Gasteiger partial charge on any atom is -0.324 e. The summed E-state index contributed by atoms with van der Waals surface area (Å²) < 4.78 is 10.9. The van der Waals surface area contributed by atoms with Gasteiger partial charge in [0.25, 0.3) is 0 Å².